The smallest absolute Gasteiger partial charge is 0.164 e. The van der Waals surface area contributed by atoms with E-state index in [2.05, 4.69) is 49.6 Å². The van der Waals surface area contributed by atoms with Crippen LogP contribution < -0.4 is 5.73 Å². The summed E-state index contributed by atoms with van der Waals surface area (Å²) in [5.74, 6) is 1.19. The van der Waals surface area contributed by atoms with Crippen LogP contribution in [0.5, 0.6) is 0 Å². The van der Waals surface area contributed by atoms with Crippen molar-refractivity contribution in [3.63, 3.8) is 0 Å². The molecule has 0 atom stereocenters. The molecule has 2 aromatic heterocycles. The predicted molar refractivity (Wildman–Crippen MR) is 82.7 cm³/mol. The van der Waals surface area contributed by atoms with Crippen LogP contribution in [0.4, 0.5) is 5.82 Å². The number of hydrogen-bond donors (Lipinski definition) is 1. The van der Waals surface area contributed by atoms with Crippen LogP contribution in [0.3, 0.4) is 0 Å². The second-order valence-electron chi connectivity index (χ2n) is 5.18. The van der Waals surface area contributed by atoms with Crippen LogP contribution in [0.2, 0.25) is 0 Å². The highest BCUT2D eigenvalue weighted by molar-refractivity contribution is 14.1. The van der Waals surface area contributed by atoms with E-state index >= 15 is 0 Å². The van der Waals surface area contributed by atoms with Gasteiger partial charge in [-0.15, -0.1) is 0 Å². The molecule has 0 bridgehead atoms. The largest absolute Gasteiger partial charge is 0.383 e. The number of nitrogen functional groups attached to an aromatic ring is 1. The zero-order valence-corrected chi connectivity index (χ0v) is 13.0. The summed E-state index contributed by atoms with van der Waals surface area (Å²) in [5.41, 5.74) is 6.76. The fourth-order valence-electron chi connectivity index (χ4n) is 2.60. The fraction of sp³-hybridized carbons (Fsp3) is 0.583. The third-order valence-electron chi connectivity index (χ3n) is 3.79. The Balaban J connectivity index is 1.87. The molecule has 2 N–H and O–H groups in total. The Hall–Kier alpha value is -0.960. The van der Waals surface area contributed by atoms with Gasteiger partial charge in [-0.25, -0.2) is 14.6 Å². The Labute approximate surface area is 125 Å². The summed E-state index contributed by atoms with van der Waals surface area (Å²) in [5, 5.41) is 5.46. The molecule has 7 heteroatoms. The first-order valence-electron chi connectivity index (χ1n) is 6.46. The number of hydrogen-bond acceptors (Lipinski definition) is 5. The molecule has 0 saturated carbocycles. The molecule has 1 fully saturated rings. The Morgan fingerprint density at radius 1 is 1.37 bits per heavy atom. The van der Waals surface area contributed by atoms with E-state index in [0.29, 0.717) is 11.7 Å². The van der Waals surface area contributed by atoms with E-state index in [1.807, 2.05) is 4.68 Å². The maximum atomic E-state index is 5.91. The third kappa shape index (κ3) is 2.53. The molecule has 2 aromatic rings. The van der Waals surface area contributed by atoms with Crippen LogP contribution >= 0.6 is 22.6 Å². The van der Waals surface area contributed by atoms with Crippen LogP contribution in [0.1, 0.15) is 12.8 Å². The molecule has 0 aromatic carbocycles. The van der Waals surface area contributed by atoms with Crippen molar-refractivity contribution >= 4 is 39.4 Å². The van der Waals surface area contributed by atoms with Crippen LogP contribution in [0.25, 0.3) is 11.0 Å². The van der Waals surface area contributed by atoms with Crippen molar-refractivity contribution in [2.24, 2.45) is 5.92 Å². The first kappa shape index (κ1) is 13.0. The average molecular weight is 372 g/mol. The average Bonchev–Trinajstić information content (AvgIpc) is 2.70. The summed E-state index contributed by atoms with van der Waals surface area (Å²) in [4.78, 5) is 10.8. The topological polar surface area (TPSA) is 72.9 Å². The van der Waals surface area contributed by atoms with Crippen LogP contribution in [0, 0.1) is 9.62 Å². The lowest BCUT2D eigenvalue weighted by molar-refractivity contribution is 0.202. The number of nitrogens with zero attached hydrogens (tertiary/aromatic N) is 5. The van der Waals surface area contributed by atoms with Crippen LogP contribution in [-0.2, 0) is 6.54 Å². The molecule has 0 radical (unpaired) electrons. The second kappa shape index (κ2) is 5.20. The highest BCUT2D eigenvalue weighted by Crippen LogP contribution is 2.25. The van der Waals surface area contributed by atoms with Crippen molar-refractivity contribution in [2.75, 3.05) is 25.9 Å². The molecular weight excluding hydrogens is 355 g/mol. The molecular formula is C12H17IN6. The number of fused-ring (bicyclic) bond motifs is 1. The minimum Gasteiger partial charge on any atom is -0.383 e. The number of nitrogens with two attached hydrogens (primary N) is 1. The molecule has 1 aliphatic rings. The van der Waals surface area contributed by atoms with Gasteiger partial charge < -0.3 is 10.6 Å². The van der Waals surface area contributed by atoms with Crippen molar-refractivity contribution in [1.82, 2.24) is 24.6 Å². The highest BCUT2D eigenvalue weighted by Gasteiger charge is 2.20. The minimum absolute atomic E-state index is 0.518. The van der Waals surface area contributed by atoms with E-state index in [4.69, 9.17) is 5.73 Å². The van der Waals surface area contributed by atoms with Gasteiger partial charge in [-0.05, 0) is 61.5 Å². The number of halogens is 1. The molecule has 0 unspecified atom stereocenters. The Bertz CT molecular complexity index is 587. The number of rotatable bonds is 2. The minimum atomic E-state index is 0.518. The molecule has 6 nitrogen and oxygen atoms in total. The van der Waals surface area contributed by atoms with E-state index in [1.165, 1.54) is 19.2 Å². The van der Waals surface area contributed by atoms with Crippen LogP contribution in [-0.4, -0.2) is 44.8 Å². The van der Waals surface area contributed by atoms with Gasteiger partial charge in [0.1, 0.15) is 15.8 Å². The monoisotopic (exact) mass is 372 g/mol. The maximum Gasteiger partial charge on any atom is 0.164 e. The second-order valence-corrected chi connectivity index (χ2v) is 6.20. The maximum absolute atomic E-state index is 5.91. The number of likely N-dealkylation sites (tertiary alicyclic amines) is 1. The van der Waals surface area contributed by atoms with Crippen molar-refractivity contribution in [2.45, 2.75) is 19.4 Å². The number of piperidine rings is 1. The quantitative estimate of drug-likeness (QED) is 0.806. The van der Waals surface area contributed by atoms with E-state index < -0.39 is 0 Å². The van der Waals surface area contributed by atoms with Crippen molar-refractivity contribution in [3.8, 4) is 0 Å². The van der Waals surface area contributed by atoms with E-state index in [0.717, 1.165) is 34.4 Å². The van der Waals surface area contributed by atoms with Gasteiger partial charge in [0.2, 0.25) is 0 Å². The zero-order chi connectivity index (χ0) is 13.4. The molecule has 1 saturated heterocycles. The lowest BCUT2D eigenvalue weighted by Gasteiger charge is -2.28. The first-order valence-corrected chi connectivity index (χ1v) is 7.54. The Morgan fingerprint density at radius 3 is 2.84 bits per heavy atom. The fourth-order valence-corrected chi connectivity index (χ4v) is 3.38. The normalized spacial score (nSPS) is 18.2. The SMILES string of the molecule is CN1CCC(Cn2nc(I)c3c(N)ncnc32)CC1. The molecule has 0 amide bonds. The van der Waals surface area contributed by atoms with Gasteiger partial charge in [0.25, 0.3) is 0 Å². The van der Waals surface area contributed by atoms with Gasteiger partial charge in [0.05, 0.1) is 5.39 Å². The summed E-state index contributed by atoms with van der Waals surface area (Å²) in [7, 11) is 2.18. The van der Waals surface area contributed by atoms with Gasteiger partial charge in [-0.3, -0.25) is 0 Å². The lowest BCUT2D eigenvalue weighted by atomic mass is 9.97. The Kier molecular flexibility index (Phi) is 3.57. The van der Waals surface area contributed by atoms with Gasteiger partial charge >= 0.3 is 0 Å². The predicted octanol–water partition coefficient (Wildman–Crippen LogP) is 1.35. The summed E-state index contributed by atoms with van der Waals surface area (Å²) in [6, 6.07) is 0. The molecule has 19 heavy (non-hydrogen) atoms. The van der Waals surface area contributed by atoms with Crippen LogP contribution in [0.15, 0.2) is 6.33 Å². The van der Waals surface area contributed by atoms with Gasteiger partial charge in [0, 0.05) is 6.54 Å². The lowest BCUT2D eigenvalue weighted by Crippen LogP contribution is -2.32. The van der Waals surface area contributed by atoms with Crippen molar-refractivity contribution < 1.29 is 0 Å². The van der Waals surface area contributed by atoms with Gasteiger partial charge in [-0.1, -0.05) is 0 Å². The Morgan fingerprint density at radius 2 is 2.11 bits per heavy atom. The van der Waals surface area contributed by atoms with Gasteiger partial charge in [0.15, 0.2) is 5.65 Å². The van der Waals surface area contributed by atoms with Gasteiger partial charge in [-0.2, -0.15) is 5.10 Å². The summed E-state index contributed by atoms with van der Waals surface area (Å²) in [6.07, 6.45) is 3.95. The van der Waals surface area contributed by atoms with Crippen molar-refractivity contribution in [1.29, 1.82) is 0 Å². The molecule has 0 spiro atoms. The standard InChI is InChI=1S/C12H17IN6/c1-18-4-2-8(3-5-18)6-19-12-9(10(13)17-19)11(14)15-7-16-12/h7-8H,2-6H2,1H3,(H2,14,15,16). The summed E-state index contributed by atoms with van der Waals surface area (Å²) < 4.78 is 2.88. The summed E-state index contributed by atoms with van der Waals surface area (Å²) >= 11 is 2.20. The molecule has 0 aliphatic carbocycles. The third-order valence-corrected chi connectivity index (χ3v) is 4.54. The zero-order valence-electron chi connectivity index (χ0n) is 10.9. The van der Waals surface area contributed by atoms with E-state index in [1.54, 1.807) is 0 Å². The van der Waals surface area contributed by atoms with E-state index in [9.17, 15) is 0 Å². The summed E-state index contributed by atoms with van der Waals surface area (Å²) in [6.45, 7) is 3.25. The van der Waals surface area contributed by atoms with E-state index in [-0.39, 0.29) is 0 Å². The first-order chi connectivity index (χ1) is 9.15. The van der Waals surface area contributed by atoms with Crippen molar-refractivity contribution in [3.05, 3.63) is 10.0 Å². The number of aromatic nitrogens is 4. The molecule has 1 aliphatic heterocycles. The molecule has 102 valence electrons. The molecule has 3 rings (SSSR count). The number of anilines is 1. The molecule has 3 heterocycles. The highest BCUT2D eigenvalue weighted by atomic mass is 127.